The van der Waals surface area contributed by atoms with Gasteiger partial charge in [-0.1, -0.05) is 30.3 Å². The lowest BCUT2D eigenvalue weighted by Crippen LogP contribution is -2.46. The van der Waals surface area contributed by atoms with Crippen molar-refractivity contribution in [2.75, 3.05) is 44.2 Å². The molecule has 0 unspecified atom stereocenters. The minimum absolute atomic E-state index is 0.164. The molecule has 2 aromatic carbocycles. The van der Waals surface area contributed by atoms with Crippen LogP contribution in [0.25, 0.3) is 5.65 Å². The van der Waals surface area contributed by atoms with Crippen molar-refractivity contribution >= 4 is 17.2 Å². The molecule has 5 rings (SSSR count). The lowest BCUT2D eigenvalue weighted by atomic mass is 10.1. The van der Waals surface area contributed by atoms with Crippen LogP contribution in [0, 0.1) is 13.8 Å². The standard InChI is InChI=1S/C30H35N5O2/c1-23-8-5-11-28(24(23)2)34-17-15-33(16-18-34)21-25-9-6-10-26(20-25)37-19-7-13-31-30(36)27-22-35-14-4-3-12-29(35)32-27/h3-6,8-12,14,20,22H,7,13,15-19,21H2,1-2H3,(H,31,36). The zero-order chi connectivity index (χ0) is 25.6. The van der Waals surface area contributed by atoms with Crippen LogP contribution in [0.1, 0.15) is 33.6 Å². The van der Waals surface area contributed by atoms with Gasteiger partial charge in [-0.15, -0.1) is 0 Å². The van der Waals surface area contributed by atoms with Crippen LogP contribution in [0.5, 0.6) is 5.75 Å². The number of aryl methyl sites for hydroxylation is 1. The highest BCUT2D eigenvalue weighted by Gasteiger charge is 2.19. The zero-order valence-corrected chi connectivity index (χ0v) is 21.7. The average Bonchev–Trinajstić information content (AvgIpc) is 3.35. The molecule has 0 radical (unpaired) electrons. The second kappa shape index (κ2) is 11.5. The Hall–Kier alpha value is -3.84. The minimum Gasteiger partial charge on any atom is -0.494 e. The molecule has 1 aliphatic rings. The van der Waals surface area contributed by atoms with Gasteiger partial charge in [-0.05, 0) is 67.3 Å². The number of nitrogens with one attached hydrogen (secondary N) is 1. The normalized spacial score (nSPS) is 14.2. The van der Waals surface area contributed by atoms with Gasteiger partial charge in [0.2, 0.25) is 0 Å². The Labute approximate surface area is 218 Å². The van der Waals surface area contributed by atoms with E-state index < -0.39 is 0 Å². The molecule has 1 N–H and O–H groups in total. The number of imidazole rings is 1. The largest absolute Gasteiger partial charge is 0.494 e. The molecular weight excluding hydrogens is 462 g/mol. The highest BCUT2D eigenvalue weighted by atomic mass is 16.5. The van der Waals surface area contributed by atoms with E-state index >= 15 is 0 Å². The average molecular weight is 498 g/mol. The molecule has 3 heterocycles. The third kappa shape index (κ3) is 6.12. The molecule has 37 heavy (non-hydrogen) atoms. The van der Waals surface area contributed by atoms with E-state index in [1.54, 1.807) is 6.20 Å². The van der Waals surface area contributed by atoms with Gasteiger partial charge >= 0.3 is 0 Å². The molecule has 0 spiro atoms. The second-order valence-electron chi connectivity index (χ2n) is 9.68. The van der Waals surface area contributed by atoms with Crippen molar-refractivity contribution in [3.05, 3.63) is 95.4 Å². The molecule has 0 bridgehead atoms. The molecule has 7 nitrogen and oxygen atoms in total. The molecular formula is C30H35N5O2. The monoisotopic (exact) mass is 497 g/mol. The highest BCUT2D eigenvalue weighted by Crippen LogP contribution is 2.24. The molecule has 7 heteroatoms. The van der Waals surface area contributed by atoms with E-state index in [2.05, 4.69) is 70.3 Å². The summed E-state index contributed by atoms with van der Waals surface area (Å²) in [6.07, 6.45) is 4.35. The number of fused-ring (bicyclic) bond motifs is 1. The summed E-state index contributed by atoms with van der Waals surface area (Å²) in [5.41, 5.74) is 6.55. The number of pyridine rings is 1. The number of carbonyl (C=O) groups excluding carboxylic acids is 1. The van der Waals surface area contributed by atoms with Crippen LogP contribution in [0.4, 0.5) is 5.69 Å². The maximum Gasteiger partial charge on any atom is 0.271 e. The first-order valence-corrected chi connectivity index (χ1v) is 13.0. The molecule has 2 aromatic heterocycles. The Balaban J connectivity index is 1.04. The molecule has 192 valence electrons. The van der Waals surface area contributed by atoms with Gasteiger partial charge in [0.05, 0.1) is 6.61 Å². The smallest absolute Gasteiger partial charge is 0.271 e. The maximum absolute atomic E-state index is 12.4. The van der Waals surface area contributed by atoms with E-state index in [1.165, 1.54) is 22.4 Å². The Bertz CT molecular complexity index is 1320. The van der Waals surface area contributed by atoms with Crippen molar-refractivity contribution < 1.29 is 9.53 Å². The first kappa shape index (κ1) is 24.8. The third-order valence-electron chi connectivity index (χ3n) is 7.07. The van der Waals surface area contributed by atoms with Crippen LogP contribution >= 0.6 is 0 Å². The lowest BCUT2D eigenvalue weighted by Gasteiger charge is -2.37. The van der Waals surface area contributed by atoms with Crippen molar-refractivity contribution in [2.45, 2.75) is 26.8 Å². The van der Waals surface area contributed by atoms with Crippen LogP contribution < -0.4 is 15.0 Å². The fraction of sp³-hybridized carbons (Fsp3) is 0.333. The molecule has 0 saturated carbocycles. The van der Waals surface area contributed by atoms with Gasteiger partial charge in [0.25, 0.3) is 5.91 Å². The highest BCUT2D eigenvalue weighted by molar-refractivity contribution is 5.92. The van der Waals surface area contributed by atoms with Crippen LogP contribution in [-0.2, 0) is 6.54 Å². The molecule has 1 fully saturated rings. The van der Waals surface area contributed by atoms with Crippen LogP contribution in [0.2, 0.25) is 0 Å². The van der Waals surface area contributed by atoms with Gasteiger partial charge in [-0.25, -0.2) is 4.98 Å². The van der Waals surface area contributed by atoms with Crippen molar-refractivity contribution in [1.29, 1.82) is 0 Å². The van der Waals surface area contributed by atoms with E-state index in [0.717, 1.165) is 50.5 Å². The van der Waals surface area contributed by atoms with E-state index in [0.29, 0.717) is 18.8 Å². The summed E-state index contributed by atoms with van der Waals surface area (Å²) in [6, 6.07) is 20.6. The van der Waals surface area contributed by atoms with Crippen LogP contribution in [-0.4, -0.2) is 59.5 Å². The number of rotatable bonds is 9. The molecule has 0 atom stereocenters. The van der Waals surface area contributed by atoms with Crippen molar-refractivity contribution in [2.24, 2.45) is 0 Å². The van der Waals surface area contributed by atoms with Crippen LogP contribution in [0.3, 0.4) is 0 Å². The molecule has 1 aliphatic heterocycles. The first-order chi connectivity index (χ1) is 18.1. The topological polar surface area (TPSA) is 62.1 Å². The number of nitrogens with zero attached hydrogens (tertiary/aromatic N) is 4. The number of benzene rings is 2. The summed E-state index contributed by atoms with van der Waals surface area (Å²) in [7, 11) is 0. The first-order valence-electron chi connectivity index (χ1n) is 13.0. The quantitative estimate of drug-likeness (QED) is 0.346. The molecule has 1 amide bonds. The lowest BCUT2D eigenvalue weighted by molar-refractivity contribution is 0.0947. The number of carbonyl (C=O) groups is 1. The Morgan fingerprint density at radius 2 is 1.84 bits per heavy atom. The number of hydrogen-bond donors (Lipinski definition) is 1. The molecule has 4 aromatic rings. The molecule has 0 aliphatic carbocycles. The number of hydrogen-bond acceptors (Lipinski definition) is 5. The minimum atomic E-state index is -0.164. The van der Waals surface area contributed by atoms with E-state index in [1.807, 2.05) is 34.9 Å². The predicted molar refractivity (Wildman–Crippen MR) is 147 cm³/mol. The number of aromatic nitrogens is 2. The van der Waals surface area contributed by atoms with Gasteiger partial charge in [0.15, 0.2) is 0 Å². The summed E-state index contributed by atoms with van der Waals surface area (Å²) in [4.78, 5) is 21.8. The fourth-order valence-corrected chi connectivity index (χ4v) is 4.82. The van der Waals surface area contributed by atoms with Crippen molar-refractivity contribution in [3.8, 4) is 5.75 Å². The van der Waals surface area contributed by atoms with Gasteiger partial charge in [0, 0.05) is 57.3 Å². The summed E-state index contributed by atoms with van der Waals surface area (Å²) >= 11 is 0. The molecule has 1 saturated heterocycles. The van der Waals surface area contributed by atoms with Gasteiger partial charge in [-0.3, -0.25) is 9.69 Å². The summed E-state index contributed by atoms with van der Waals surface area (Å²) in [5.74, 6) is 0.710. The zero-order valence-electron chi connectivity index (χ0n) is 21.7. The number of anilines is 1. The Morgan fingerprint density at radius 3 is 2.68 bits per heavy atom. The summed E-state index contributed by atoms with van der Waals surface area (Å²) in [6.45, 7) is 10.6. The SMILES string of the molecule is Cc1cccc(N2CCN(Cc3cccc(OCCCNC(=O)c4cn5ccccc5n4)c3)CC2)c1C. The third-order valence-corrected chi connectivity index (χ3v) is 7.07. The van der Waals surface area contributed by atoms with Gasteiger partial charge < -0.3 is 19.4 Å². The van der Waals surface area contributed by atoms with E-state index in [-0.39, 0.29) is 5.91 Å². The second-order valence-corrected chi connectivity index (χ2v) is 9.68. The fourth-order valence-electron chi connectivity index (χ4n) is 4.82. The van der Waals surface area contributed by atoms with E-state index in [4.69, 9.17) is 4.74 Å². The number of piperazine rings is 1. The summed E-state index contributed by atoms with van der Waals surface area (Å²) < 4.78 is 7.82. The Kier molecular flexibility index (Phi) is 7.70. The van der Waals surface area contributed by atoms with Gasteiger partial charge in [0.1, 0.15) is 17.1 Å². The number of amides is 1. The van der Waals surface area contributed by atoms with Crippen molar-refractivity contribution in [1.82, 2.24) is 19.6 Å². The Morgan fingerprint density at radius 1 is 1.00 bits per heavy atom. The van der Waals surface area contributed by atoms with Crippen LogP contribution in [0.15, 0.2) is 73.1 Å². The number of ether oxygens (including phenoxy) is 1. The maximum atomic E-state index is 12.4. The van der Waals surface area contributed by atoms with Gasteiger partial charge in [-0.2, -0.15) is 0 Å². The predicted octanol–water partition coefficient (Wildman–Crippen LogP) is 4.47. The summed E-state index contributed by atoms with van der Waals surface area (Å²) in [5, 5.41) is 2.93. The van der Waals surface area contributed by atoms with E-state index in [9.17, 15) is 4.79 Å². The van der Waals surface area contributed by atoms with Crippen molar-refractivity contribution in [3.63, 3.8) is 0 Å².